The molecule has 0 atom stereocenters. The van der Waals surface area contributed by atoms with E-state index in [0.717, 1.165) is 5.56 Å². The zero-order valence-corrected chi connectivity index (χ0v) is 14.3. The molecule has 9 heteroatoms. The van der Waals surface area contributed by atoms with Crippen molar-refractivity contribution in [1.29, 1.82) is 0 Å². The molecule has 0 aromatic heterocycles. The Morgan fingerprint density at radius 2 is 1.67 bits per heavy atom. The van der Waals surface area contributed by atoms with E-state index in [0.29, 0.717) is 23.6 Å². The van der Waals surface area contributed by atoms with Crippen molar-refractivity contribution >= 4 is 17.8 Å². The first-order valence-electron chi connectivity index (χ1n) is 8.16. The zero-order chi connectivity index (χ0) is 19.1. The molecule has 0 spiro atoms. The van der Waals surface area contributed by atoms with Crippen molar-refractivity contribution in [1.82, 2.24) is 21.5 Å². The van der Waals surface area contributed by atoms with Gasteiger partial charge in [-0.1, -0.05) is 30.3 Å². The molecule has 0 radical (unpaired) electrons. The van der Waals surface area contributed by atoms with Crippen LogP contribution in [0.1, 0.15) is 15.9 Å². The minimum atomic E-state index is -0.570. The average molecular weight is 370 g/mol. The van der Waals surface area contributed by atoms with Crippen molar-refractivity contribution in [2.45, 2.75) is 6.54 Å². The van der Waals surface area contributed by atoms with Crippen molar-refractivity contribution in [3.63, 3.8) is 0 Å². The average Bonchev–Trinajstić information content (AvgIpc) is 3.17. The number of carbonyl (C=O) groups excluding carboxylic acids is 3. The quantitative estimate of drug-likeness (QED) is 0.577. The van der Waals surface area contributed by atoms with Crippen LogP contribution in [0.15, 0.2) is 48.5 Å². The minimum absolute atomic E-state index is 0.106. The third-order valence-corrected chi connectivity index (χ3v) is 3.66. The van der Waals surface area contributed by atoms with E-state index < -0.39 is 17.8 Å². The van der Waals surface area contributed by atoms with Gasteiger partial charge in [-0.15, -0.1) is 0 Å². The van der Waals surface area contributed by atoms with E-state index >= 15 is 0 Å². The Hall–Kier alpha value is -3.75. The van der Waals surface area contributed by atoms with Crippen LogP contribution in [0.4, 0.5) is 4.79 Å². The Balaban J connectivity index is 1.36. The Morgan fingerprint density at radius 1 is 0.889 bits per heavy atom. The zero-order valence-electron chi connectivity index (χ0n) is 14.3. The van der Waals surface area contributed by atoms with Crippen molar-refractivity contribution in [2.75, 3.05) is 13.3 Å². The molecular formula is C18H18N4O5. The van der Waals surface area contributed by atoms with Crippen LogP contribution in [0.25, 0.3) is 0 Å². The van der Waals surface area contributed by atoms with Crippen LogP contribution in [-0.2, 0) is 11.3 Å². The van der Waals surface area contributed by atoms with Crippen molar-refractivity contribution in [2.24, 2.45) is 0 Å². The fourth-order valence-corrected chi connectivity index (χ4v) is 2.28. The van der Waals surface area contributed by atoms with E-state index in [-0.39, 0.29) is 13.3 Å². The Labute approximate surface area is 155 Å². The highest BCUT2D eigenvalue weighted by Gasteiger charge is 2.16. The van der Waals surface area contributed by atoms with Gasteiger partial charge in [0.15, 0.2) is 11.5 Å². The first kappa shape index (κ1) is 18.1. The SMILES string of the molecule is O=C(CNC(=O)NCc1ccccc1)NNC(=O)c1ccc2c(c1)OCO2. The van der Waals surface area contributed by atoms with Gasteiger partial charge < -0.3 is 20.1 Å². The predicted molar refractivity (Wildman–Crippen MR) is 94.9 cm³/mol. The number of nitrogens with one attached hydrogen (secondary N) is 4. The van der Waals surface area contributed by atoms with Gasteiger partial charge in [0.2, 0.25) is 6.79 Å². The molecule has 0 saturated heterocycles. The summed E-state index contributed by atoms with van der Waals surface area (Å²) in [7, 11) is 0. The number of amides is 4. The molecule has 0 fully saturated rings. The largest absolute Gasteiger partial charge is 0.454 e. The van der Waals surface area contributed by atoms with Gasteiger partial charge in [-0.05, 0) is 23.8 Å². The van der Waals surface area contributed by atoms with Gasteiger partial charge in [0, 0.05) is 12.1 Å². The summed E-state index contributed by atoms with van der Waals surface area (Å²) in [6.45, 7) is 0.159. The molecule has 4 N–H and O–H groups in total. The molecule has 27 heavy (non-hydrogen) atoms. The summed E-state index contributed by atoms with van der Waals surface area (Å²) >= 11 is 0. The number of benzene rings is 2. The van der Waals surface area contributed by atoms with Gasteiger partial charge in [0.25, 0.3) is 11.8 Å². The number of urea groups is 1. The van der Waals surface area contributed by atoms with Crippen LogP contribution < -0.4 is 31.0 Å². The van der Waals surface area contributed by atoms with Gasteiger partial charge in [-0.25, -0.2) is 4.79 Å². The van der Waals surface area contributed by atoms with E-state index in [1.165, 1.54) is 6.07 Å². The number of rotatable bonds is 5. The molecule has 2 aromatic carbocycles. The monoisotopic (exact) mass is 370 g/mol. The van der Waals surface area contributed by atoms with E-state index in [1.807, 2.05) is 30.3 Å². The lowest BCUT2D eigenvalue weighted by Crippen LogP contribution is -2.47. The van der Waals surface area contributed by atoms with Crippen molar-refractivity contribution in [3.8, 4) is 11.5 Å². The van der Waals surface area contributed by atoms with Crippen LogP contribution in [0.2, 0.25) is 0 Å². The molecule has 0 aliphatic carbocycles. The maximum Gasteiger partial charge on any atom is 0.315 e. The Kier molecular flexibility index (Phi) is 5.73. The molecule has 1 heterocycles. The summed E-state index contributed by atoms with van der Waals surface area (Å²) in [6.07, 6.45) is 0. The second kappa shape index (κ2) is 8.56. The maximum atomic E-state index is 12.0. The molecular weight excluding hydrogens is 352 g/mol. The number of carbonyl (C=O) groups is 3. The van der Waals surface area contributed by atoms with E-state index in [4.69, 9.17) is 9.47 Å². The molecule has 3 rings (SSSR count). The van der Waals surface area contributed by atoms with Crippen LogP contribution in [0.3, 0.4) is 0 Å². The van der Waals surface area contributed by atoms with Crippen LogP contribution >= 0.6 is 0 Å². The van der Waals surface area contributed by atoms with Crippen LogP contribution in [0, 0.1) is 0 Å². The van der Waals surface area contributed by atoms with Gasteiger partial charge in [-0.3, -0.25) is 20.4 Å². The first-order chi connectivity index (χ1) is 13.1. The second-order valence-corrected chi connectivity index (χ2v) is 5.59. The maximum absolute atomic E-state index is 12.0. The lowest BCUT2D eigenvalue weighted by atomic mass is 10.2. The fraction of sp³-hybridized carbons (Fsp3) is 0.167. The Morgan fingerprint density at radius 3 is 2.48 bits per heavy atom. The number of fused-ring (bicyclic) bond motifs is 1. The number of hydrazine groups is 1. The highest BCUT2D eigenvalue weighted by Crippen LogP contribution is 2.32. The number of hydrogen-bond acceptors (Lipinski definition) is 5. The normalized spacial score (nSPS) is 11.4. The molecule has 4 amide bonds. The number of hydrogen-bond donors (Lipinski definition) is 4. The molecule has 1 aliphatic rings. The van der Waals surface area contributed by atoms with Gasteiger partial charge in [0.05, 0.1) is 0 Å². The third kappa shape index (κ3) is 5.11. The summed E-state index contributed by atoms with van der Waals surface area (Å²) in [4.78, 5) is 35.4. The molecule has 2 aromatic rings. The van der Waals surface area contributed by atoms with E-state index in [2.05, 4.69) is 21.5 Å². The predicted octanol–water partition coefficient (Wildman–Crippen LogP) is 0.676. The van der Waals surface area contributed by atoms with E-state index in [9.17, 15) is 14.4 Å². The van der Waals surface area contributed by atoms with Crippen LogP contribution in [-0.4, -0.2) is 31.2 Å². The van der Waals surface area contributed by atoms with Gasteiger partial charge in [-0.2, -0.15) is 0 Å². The summed E-state index contributed by atoms with van der Waals surface area (Å²) in [5.41, 5.74) is 5.73. The second-order valence-electron chi connectivity index (χ2n) is 5.59. The molecule has 140 valence electrons. The molecule has 0 saturated carbocycles. The lowest BCUT2D eigenvalue weighted by Gasteiger charge is -2.10. The van der Waals surface area contributed by atoms with Crippen LogP contribution in [0.5, 0.6) is 11.5 Å². The van der Waals surface area contributed by atoms with Crippen molar-refractivity contribution < 1.29 is 23.9 Å². The molecule has 0 unspecified atom stereocenters. The summed E-state index contributed by atoms with van der Waals surface area (Å²) in [5, 5.41) is 5.03. The topological polar surface area (TPSA) is 118 Å². The van der Waals surface area contributed by atoms with Gasteiger partial charge in [0.1, 0.15) is 6.54 Å². The highest BCUT2D eigenvalue weighted by atomic mass is 16.7. The van der Waals surface area contributed by atoms with E-state index in [1.54, 1.807) is 12.1 Å². The fourth-order valence-electron chi connectivity index (χ4n) is 2.28. The summed E-state index contributed by atoms with van der Waals surface area (Å²) in [5.74, 6) is -0.0684. The summed E-state index contributed by atoms with van der Waals surface area (Å²) < 4.78 is 10.4. The van der Waals surface area contributed by atoms with Gasteiger partial charge >= 0.3 is 6.03 Å². The minimum Gasteiger partial charge on any atom is -0.454 e. The Bertz CT molecular complexity index is 841. The smallest absolute Gasteiger partial charge is 0.315 e. The number of ether oxygens (including phenoxy) is 2. The summed E-state index contributed by atoms with van der Waals surface area (Å²) in [6, 6.07) is 13.5. The first-order valence-corrected chi connectivity index (χ1v) is 8.16. The third-order valence-electron chi connectivity index (χ3n) is 3.66. The standard InChI is InChI=1S/C18H18N4O5/c23-16(10-20-18(25)19-9-12-4-2-1-3-5-12)21-22-17(24)13-6-7-14-15(8-13)27-11-26-14/h1-8H,9-11H2,(H,21,23)(H,22,24)(H2,19,20,25). The lowest BCUT2D eigenvalue weighted by molar-refractivity contribution is -0.120. The van der Waals surface area contributed by atoms with Crippen molar-refractivity contribution in [3.05, 3.63) is 59.7 Å². The molecule has 1 aliphatic heterocycles. The molecule has 0 bridgehead atoms. The molecule has 9 nitrogen and oxygen atoms in total. The highest BCUT2D eigenvalue weighted by molar-refractivity contribution is 5.96.